The maximum atomic E-state index is 4.29. The van der Waals surface area contributed by atoms with E-state index in [2.05, 4.69) is 55.5 Å². The minimum atomic E-state index is 0.608. The van der Waals surface area contributed by atoms with Crippen molar-refractivity contribution in [3.63, 3.8) is 0 Å². The third-order valence-electron chi connectivity index (χ3n) is 5.60. The fourth-order valence-corrected chi connectivity index (χ4v) is 3.92. The van der Waals surface area contributed by atoms with Gasteiger partial charge >= 0.3 is 0 Å². The van der Waals surface area contributed by atoms with Crippen molar-refractivity contribution in [2.45, 2.75) is 71.3 Å². The molecule has 0 bridgehead atoms. The van der Waals surface area contributed by atoms with Crippen molar-refractivity contribution in [1.29, 1.82) is 0 Å². The second-order valence-electron chi connectivity index (χ2n) is 7.29. The number of allylic oxidation sites excluding steroid dienone is 1. The summed E-state index contributed by atoms with van der Waals surface area (Å²) in [5.74, 6) is 1.53. The van der Waals surface area contributed by atoms with Crippen molar-refractivity contribution in [2.75, 3.05) is 7.05 Å². The molecular weight excluding hydrogens is 292 g/mol. The standard InChI is InChI=1S/C22H34N2/c1-5-24-16-18(3)22-9-7-6-8-21(22)17(2)10-11-19-12-14-20(23-4)15-13-19/h5-9,16-17,19-20,23H,10-15H2,1-4H3/b18-16+,24-5-. The first-order chi connectivity index (χ1) is 11.7. The minimum Gasteiger partial charge on any atom is -0.317 e. The molecule has 0 radical (unpaired) electrons. The lowest BCUT2D eigenvalue weighted by molar-refractivity contribution is 0.280. The van der Waals surface area contributed by atoms with Crippen LogP contribution in [-0.2, 0) is 0 Å². The number of aliphatic imine (C=N–C) groups is 1. The minimum absolute atomic E-state index is 0.608. The van der Waals surface area contributed by atoms with Crippen molar-refractivity contribution >= 4 is 11.8 Å². The molecule has 1 atom stereocenters. The zero-order chi connectivity index (χ0) is 17.4. The van der Waals surface area contributed by atoms with Gasteiger partial charge in [0.25, 0.3) is 0 Å². The van der Waals surface area contributed by atoms with Gasteiger partial charge in [0.2, 0.25) is 0 Å². The van der Waals surface area contributed by atoms with E-state index in [1.54, 1.807) is 0 Å². The molecule has 1 aromatic carbocycles. The Balaban J connectivity index is 1.96. The molecule has 1 fully saturated rings. The van der Waals surface area contributed by atoms with E-state index < -0.39 is 0 Å². The number of hydrogen-bond donors (Lipinski definition) is 1. The third-order valence-corrected chi connectivity index (χ3v) is 5.60. The van der Waals surface area contributed by atoms with Crippen molar-refractivity contribution in [3.05, 3.63) is 41.6 Å². The Hall–Kier alpha value is -1.41. The van der Waals surface area contributed by atoms with E-state index in [9.17, 15) is 0 Å². The molecule has 0 heterocycles. The van der Waals surface area contributed by atoms with Crippen LogP contribution in [0.1, 0.15) is 76.3 Å². The first-order valence-electron chi connectivity index (χ1n) is 9.56. The van der Waals surface area contributed by atoms with E-state index in [-0.39, 0.29) is 0 Å². The Morgan fingerprint density at radius 3 is 2.62 bits per heavy atom. The predicted octanol–water partition coefficient (Wildman–Crippen LogP) is 5.80. The van der Waals surface area contributed by atoms with Crippen LogP contribution in [0, 0.1) is 5.92 Å². The van der Waals surface area contributed by atoms with E-state index in [1.807, 2.05) is 19.3 Å². The summed E-state index contributed by atoms with van der Waals surface area (Å²) in [7, 11) is 2.10. The second-order valence-corrected chi connectivity index (χ2v) is 7.29. The Labute approximate surface area is 148 Å². The molecule has 24 heavy (non-hydrogen) atoms. The fourth-order valence-electron chi connectivity index (χ4n) is 3.92. The molecule has 1 saturated carbocycles. The van der Waals surface area contributed by atoms with Gasteiger partial charge in [0.05, 0.1) is 0 Å². The Morgan fingerprint density at radius 1 is 1.25 bits per heavy atom. The molecule has 1 unspecified atom stereocenters. The molecule has 1 aromatic rings. The van der Waals surface area contributed by atoms with Crippen molar-refractivity contribution in [2.24, 2.45) is 10.9 Å². The fraction of sp³-hybridized carbons (Fsp3) is 0.591. The van der Waals surface area contributed by atoms with Gasteiger partial charge in [0, 0.05) is 18.5 Å². The Kier molecular flexibility index (Phi) is 7.71. The van der Waals surface area contributed by atoms with Gasteiger partial charge in [-0.15, -0.1) is 0 Å². The summed E-state index contributed by atoms with van der Waals surface area (Å²) in [4.78, 5) is 4.29. The van der Waals surface area contributed by atoms with Gasteiger partial charge in [-0.1, -0.05) is 31.2 Å². The van der Waals surface area contributed by atoms with Crippen LogP contribution < -0.4 is 5.32 Å². The highest BCUT2D eigenvalue weighted by Crippen LogP contribution is 2.33. The molecule has 0 aromatic heterocycles. The zero-order valence-corrected chi connectivity index (χ0v) is 15.9. The first kappa shape index (κ1) is 18.9. The summed E-state index contributed by atoms with van der Waals surface area (Å²) in [5, 5.41) is 3.43. The Morgan fingerprint density at radius 2 is 1.96 bits per heavy atom. The van der Waals surface area contributed by atoms with Gasteiger partial charge in [-0.25, -0.2) is 0 Å². The second kappa shape index (κ2) is 9.78. The lowest BCUT2D eigenvalue weighted by Gasteiger charge is -2.29. The number of nitrogens with zero attached hydrogens (tertiary/aromatic N) is 1. The summed E-state index contributed by atoms with van der Waals surface area (Å²) in [6.45, 7) is 6.51. The SMILES string of the molecule is C/C=N\C=C(/C)c1ccccc1C(C)CCC1CCC(NC)CC1. The topological polar surface area (TPSA) is 24.4 Å². The molecule has 0 saturated heterocycles. The lowest BCUT2D eigenvalue weighted by atomic mass is 9.80. The van der Waals surface area contributed by atoms with Crippen LogP contribution in [0.25, 0.3) is 5.57 Å². The molecular formula is C22H34N2. The van der Waals surface area contributed by atoms with Crippen LogP contribution in [0.5, 0.6) is 0 Å². The normalized spacial score (nSPS) is 23.6. The van der Waals surface area contributed by atoms with Gasteiger partial charge in [0.15, 0.2) is 0 Å². The largest absolute Gasteiger partial charge is 0.317 e. The van der Waals surface area contributed by atoms with Crippen molar-refractivity contribution in [1.82, 2.24) is 5.32 Å². The highest BCUT2D eigenvalue weighted by atomic mass is 14.9. The molecule has 1 aliphatic carbocycles. The van der Waals surface area contributed by atoms with Crippen LogP contribution in [0.4, 0.5) is 0 Å². The molecule has 0 aliphatic heterocycles. The molecule has 2 rings (SSSR count). The average Bonchev–Trinajstić information content (AvgIpc) is 2.64. The van der Waals surface area contributed by atoms with Crippen molar-refractivity contribution in [3.8, 4) is 0 Å². The summed E-state index contributed by atoms with van der Waals surface area (Å²) in [5.41, 5.74) is 4.08. The summed E-state index contributed by atoms with van der Waals surface area (Å²) >= 11 is 0. The number of benzene rings is 1. The summed E-state index contributed by atoms with van der Waals surface area (Å²) in [6.07, 6.45) is 12.0. The third kappa shape index (κ3) is 5.31. The van der Waals surface area contributed by atoms with Crippen LogP contribution in [0.15, 0.2) is 35.5 Å². The van der Waals surface area contributed by atoms with E-state index >= 15 is 0 Å². The van der Waals surface area contributed by atoms with Gasteiger partial charge in [-0.3, -0.25) is 4.99 Å². The average molecular weight is 327 g/mol. The zero-order valence-electron chi connectivity index (χ0n) is 15.9. The quantitative estimate of drug-likeness (QED) is 0.629. The predicted molar refractivity (Wildman–Crippen MR) is 107 cm³/mol. The highest BCUT2D eigenvalue weighted by molar-refractivity contribution is 5.68. The highest BCUT2D eigenvalue weighted by Gasteiger charge is 2.21. The smallest absolute Gasteiger partial charge is 0.0299 e. The van der Waals surface area contributed by atoms with Gasteiger partial charge in [-0.05, 0) is 88.0 Å². The number of nitrogens with one attached hydrogen (secondary N) is 1. The molecule has 0 spiro atoms. The molecule has 1 N–H and O–H groups in total. The lowest BCUT2D eigenvalue weighted by Crippen LogP contribution is -2.30. The van der Waals surface area contributed by atoms with E-state index in [0.717, 1.165) is 12.0 Å². The van der Waals surface area contributed by atoms with Crippen LogP contribution in [-0.4, -0.2) is 19.3 Å². The summed E-state index contributed by atoms with van der Waals surface area (Å²) in [6, 6.07) is 9.60. The monoisotopic (exact) mass is 326 g/mol. The van der Waals surface area contributed by atoms with Gasteiger partial charge in [0.1, 0.15) is 0 Å². The molecule has 2 nitrogen and oxygen atoms in total. The molecule has 1 aliphatic rings. The molecule has 2 heteroatoms. The molecule has 0 amide bonds. The Bertz CT molecular complexity index is 551. The number of hydrogen-bond acceptors (Lipinski definition) is 2. The molecule has 132 valence electrons. The first-order valence-corrected chi connectivity index (χ1v) is 9.56. The van der Waals surface area contributed by atoms with Crippen molar-refractivity contribution < 1.29 is 0 Å². The van der Waals surface area contributed by atoms with E-state index in [0.29, 0.717) is 5.92 Å². The van der Waals surface area contributed by atoms with Crippen LogP contribution in [0.2, 0.25) is 0 Å². The summed E-state index contributed by atoms with van der Waals surface area (Å²) < 4.78 is 0. The van der Waals surface area contributed by atoms with E-state index in [1.165, 1.54) is 55.2 Å². The van der Waals surface area contributed by atoms with Crippen LogP contribution >= 0.6 is 0 Å². The maximum Gasteiger partial charge on any atom is 0.0299 e. The number of rotatable bonds is 7. The van der Waals surface area contributed by atoms with Crippen LogP contribution in [0.3, 0.4) is 0 Å². The van der Waals surface area contributed by atoms with E-state index in [4.69, 9.17) is 0 Å². The van der Waals surface area contributed by atoms with Gasteiger partial charge < -0.3 is 5.32 Å². The van der Waals surface area contributed by atoms with Gasteiger partial charge in [-0.2, -0.15) is 0 Å². The maximum absolute atomic E-state index is 4.29.